The highest BCUT2D eigenvalue weighted by Gasteiger charge is 2.35. The molecule has 260 valence electrons. The van der Waals surface area contributed by atoms with E-state index >= 15 is 0 Å². The van der Waals surface area contributed by atoms with E-state index in [2.05, 4.69) is 184 Å². The zero-order valence-corrected chi connectivity index (χ0v) is 30.9. The lowest BCUT2D eigenvalue weighted by Crippen LogP contribution is -2.14. The Morgan fingerprint density at radius 3 is 1.58 bits per heavy atom. The van der Waals surface area contributed by atoms with Gasteiger partial charge in [0.05, 0.1) is 11.4 Å². The first-order valence-corrected chi connectivity index (χ1v) is 19.0. The van der Waals surface area contributed by atoms with Gasteiger partial charge >= 0.3 is 0 Å². The van der Waals surface area contributed by atoms with Crippen LogP contribution in [0.2, 0.25) is 0 Å². The average Bonchev–Trinajstić information content (AvgIpc) is 3.49. The van der Waals surface area contributed by atoms with Gasteiger partial charge in [0.1, 0.15) is 0 Å². The summed E-state index contributed by atoms with van der Waals surface area (Å²) in [5.41, 5.74) is 17.7. The van der Waals surface area contributed by atoms with Crippen LogP contribution in [0.4, 0.5) is 0 Å². The summed E-state index contributed by atoms with van der Waals surface area (Å²) in [5, 5.41) is 2.35. The van der Waals surface area contributed by atoms with Gasteiger partial charge in [0.15, 0.2) is 5.82 Å². The lowest BCUT2D eigenvalue weighted by Gasteiger charge is -2.22. The smallest absolute Gasteiger partial charge is 0.160 e. The Morgan fingerprint density at radius 1 is 0.309 bits per heavy atom. The summed E-state index contributed by atoms with van der Waals surface area (Å²) < 4.78 is 0. The van der Waals surface area contributed by atoms with E-state index in [1.807, 2.05) is 24.3 Å². The molecule has 0 aliphatic heterocycles. The first-order valence-electron chi connectivity index (χ1n) is 19.0. The van der Waals surface area contributed by atoms with Crippen LogP contribution in [0.25, 0.3) is 89.2 Å². The second-order valence-corrected chi connectivity index (χ2v) is 15.0. The molecule has 0 spiro atoms. The van der Waals surface area contributed by atoms with Crippen molar-refractivity contribution in [3.8, 4) is 78.4 Å². The molecule has 1 aliphatic rings. The van der Waals surface area contributed by atoms with Crippen LogP contribution in [0, 0.1) is 0 Å². The average molecular weight is 703 g/mol. The van der Waals surface area contributed by atoms with Crippen molar-refractivity contribution >= 4 is 10.8 Å². The number of fused-ring (bicyclic) bond motifs is 4. The van der Waals surface area contributed by atoms with Crippen molar-refractivity contribution in [2.24, 2.45) is 0 Å². The quantitative estimate of drug-likeness (QED) is 0.172. The van der Waals surface area contributed by atoms with Crippen molar-refractivity contribution in [3.63, 3.8) is 0 Å². The van der Waals surface area contributed by atoms with Gasteiger partial charge in [0.2, 0.25) is 0 Å². The van der Waals surface area contributed by atoms with Gasteiger partial charge in [0.25, 0.3) is 0 Å². The van der Waals surface area contributed by atoms with E-state index in [1.54, 1.807) is 0 Å². The molecule has 0 bridgehead atoms. The van der Waals surface area contributed by atoms with Crippen LogP contribution in [0.15, 0.2) is 194 Å². The Morgan fingerprint density at radius 2 is 0.818 bits per heavy atom. The van der Waals surface area contributed by atoms with Gasteiger partial charge in [-0.15, -0.1) is 0 Å². The zero-order chi connectivity index (χ0) is 36.9. The molecular weight excluding hydrogens is 665 g/mol. The second-order valence-electron chi connectivity index (χ2n) is 15.0. The minimum atomic E-state index is -0.0250. The number of benzene rings is 8. The normalized spacial score (nSPS) is 12.7. The lowest BCUT2D eigenvalue weighted by atomic mass is 9.81. The number of aromatic nitrogens is 2. The van der Waals surface area contributed by atoms with E-state index in [4.69, 9.17) is 9.97 Å². The first-order chi connectivity index (χ1) is 27.0. The number of hydrogen-bond donors (Lipinski definition) is 0. The van der Waals surface area contributed by atoms with Crippen molar-refractivity contribution in [2.75, 3.05) is 0 Å². The highest BCUT2D eigenvalue weighted by Crippen LogP contribution is 2.49. The minimum Gasteiger partial charge on any atom is -0.228 e. The molecule has 55 heavy (non-hydrogen) atoms. The Labute approximate surface area is 322 Å². The van der Waals surface area contributed by atoms with Crippen molar-refractivity contribution < 1.29 is 0 Å². The third-order valence-electron chi connectivity index (χ3n) is 11.3. The molecule has 10 rings (SSSR count). The van der Waals surface area contributed by atoms with E-state index in [9.17, 15) is 0 Å². The largest absolute Gasteiger partial charge is 0.228 e. The van der Waals surface area contributed by atoms with E-state index in [0.29, 0.717) is 0 Å². The predicted octanol–water partition coefficient (Wildman–Crippen LogP) is 13.9. The van der Waals surface area contributed by atoms with Crippen LogP contribution in [0.3, 0.4) is 0 Å². The molecule has 2 nitrogen and oxygen atoms in total. The molecule has 1 heterocycles. The minimum absolute atomic E-state index is 0.0250. The molecule has 2 heteroatoms. The molecular formula is C53H38N2. The number of nitrogens with zero attached hydrogens (tertiary/aromatic N) is 2. The first kappa shape index (κ1) is 32.7. The van der Waals surface area contributed by atoms with E-state index in [0.717, 1.165) is 39.3 Å². The van der Waals surface area contributed by atoms with Crippen LogP contribution in [-0.4, -0.2) is 9.97 Å². The van der Waals surface area contributed by atoms with Gasteiger partial charge in [-0.25, -0.2) is 9.97 Å². The van der Waals surface area contributed by atoms with E-state index in [1.165, 1.54) is 61.0 Å². The Balaban J connectivity index is 0.996. The molecule has 9 aromatic rings. The molecule has 1 aliphatic carbocycles. The van der Waals surface area contributed by atoms with Crippen molar-refractivity contribution in [1.29, 1.82) is 0 Å². The molecule has 0 amide bonds. The van der Waals surface area contributed by atoms with Crippen LogP contribution in [0.1, 0.15) is 25.0 Å². The van der Waals surface area contributed by atoms with Crippen molar-refractivity contribution in [1.82, 2.24) is 9.97 Å². The second kappa shape index (κ2) is 13.2. The zero-order valence-electron chi connectivity index (χ0n) is 30.9. The summed E-state index contributed by atoms with van der Waals surface area (Å²) in [6.45, 7) is 4.69. The molecule has 0 N–H and O–H groups in total. The van der Waals surface area contributed by atoms with Crippen LogP contribution >= 0.6 is 0 Å². The molecule has 0 saturated heterocycles. The monoisotopic (exact) mass is 702 g/mol. The molecule has 1 aromatic heterocycles. The van der Waals surface area contributed by atoms with E-state index in [-0.39, 0.29) is 5.41 Å². The maximum atomic E-state index is 5.15. The Hall–Kier alpha value is -6.90. The molecule has 0 atom stereocenters. The lowest BCUT2D eigenvalue weighted by molar-refractivity contribution is 0.660. The van der Waals surface area contributed by atoms with Crippen molar-refractivity contribution in [3.05, 3.63) is 205 Å². The fourth-order valence-electron chi connectivity index (χ4n) is 8.44. The fraction of sp³-hybridized carbons (Fsp3) is 0.0566. The standard InChI is InChI=1S/C53H38N2/c1-53(2)48-23-12-11-22-45(48)46-29-28-41(33-49(46)53)40-19-13-18-39(32-40)35-24-26-36(27-25-35)42-30-31-47(44-21-10-9-20-43(42)44)51-34-50(37-14-5-3-6-15-37)54-52(55-51)38-16-7-4-8-17-38/h3-34H,1-2H3. The fourth-order valence-corrected chi connectivity index (χ4v) is 8.44. The van der Waals surface area contributed by atoms with Gasteiger partial charge in [-0.3, -0.25) is 0 Å². The van der Waals surface area contributed by atoms with Gasteiger partial charge < -0.3 is 0 Å². The molecule has 0 fully saturated rings. The topological polar surface area (TPSA) is 25.8 Å². The maximum Gasteiger partial charge on any atom is 0.160 e. The van der Waals surface area contributed by atoms with Crippen LogP contribution in [-0.2, 0) is 5.41 Å². The summed E-state index contributed by atoms with van der Waals surface area (Å²) >= 11 is 0. The molecule has 8 aromatic carbocycles. The Bertz CT molecular complexity index is 2810. The van der Waals surface area contributed by atoms with Gasteiger partial charge in [-0.1, -0.05) is 190 Å². The van der Waals surface area contributed by atoms with Crippen LogP contribution in [0.5, 0.6) is 0 Å². The SMILES string of the molecule is CC1(C)c2ccccc2-c2ccc(-c3cccc(-c4ccc(-c5ccc(-c6cc(-c7ccccc7)nc(-c7ccccc7)n6)c6ccccc56)cc4)c3)cc21. The Kier molecular flexibility index (Phi) is 7.85. The van der Waals surface area contributed by atoms with Gasteiger partial charge in [0, 0.05) is 22.1 Å². The number of rotatable bonds is 6. The van der Waals surface area contributed by atoms with E-state index < -0.39 is 0 Å². The summed E-state index contributed by atoms with van der Waals surface area (Å²) in [5.74, 6) is 0.718. The molecule has 0 unspecified atom stereocenters. The summed E-state index contributed by atoms with van der Waals surface area (Å²) in [6, 6.07) is 69.6. The highest BCUT2D eigenvalue weighted by atomic mass is 14.9. The summed E-state index contributed by atoms with van der Waals surface area (Å²) in [6.07, 6.45) is 0. The summed E-state index contributed by atoms with van der Waals surface area (Å²) in [7, 11) is 0. The van der Waals surface area contributed by atoms with Gasteiger partial charge in [-0.05, 0) is 84.6 Å². The third-order valence-corrected chi connectivity index (χ3v) is 11.3. The molecule has 0 radical (unpaired) electrons. The molecule has 0 saturated carbocycles. The maximum absolute atomic E-state index is 5.15. The van der Waals surface area contributed by atoms with Crippen molar-refractivity contribution in [2.45, 2.75) is 19.3 Å². The third kappa shape index (κ3) is 5.75. The van der Waals surface area contributed by atoms with Crippen LogP contribution < -0.4 is 0 Å². The summed E-state index contributed by atoms with van der Waals surface area (Å²) in [4.78, 5) is 10.2. The number of hydrogen-bond acceptors (Lipinski definition) is 2. The predicted molar refractivity (Wildman–Crippen MR) is 230 cm³/mol. The van der Waals surface area contributed by atoms with Gasteiger partial charge in [-0.2, -0.15) is 0 Å². The highest BCUT2D eigenvalue weighted by molar-refractivity contribution is 6.05.